The van der Waals surface area contributed by atoms with Crippen molar-refractivity contribution in [3.05, 3.63) is 34.3 Å². The second-order valence-electron chi connectivity index (χ2n) is 5.12. The first-order valence-corrected chi connectivity index (χ1v) is 7.73. The minimum Gasteiger partial charge on any atom is -0.313 e. The molecule has 0 amide bonds. The summed E-state index contributed by atoms with van der Waals surface area (Å²) in [6.07, 6.45) is 2.62. The molecular formula is C15H23BrN2. The third kappa shape index (κ3) is 3.56. The minimum atomic E-state index is 0.513. The minimum absolute atomic E-state index is 0.513. The van der Waals surface area contributed by atoms with Gasteiger partial charge < -0.3 is 5.32 Å². The highest BCUT2D eigenvalue weighted by atomic mass is 79.9. The first-order chi connectivity index (χ1) is 8.70. The molecule has 0 bridgehead atoms. The summed E-state index contributed by atoms with van der Waals surface area (Å²) in [6, 6.07) is 9.91. The summed E-state index contributed by atoms with van der Waals surface area (Å²) in [4.78, 5) is 2.60. The van der Waals surface area contributed by atoms with E-state index in [4.69, 9.17) is 0 Å². The van der Waals surface area contributed by atoms with Crippen molar-refractivity contribution in [1.29, 1.82) is 0 Å². The summed E-state index contributed by atoms with van der Waals surface area (Å²) >= 11 is 3.50. The summed E-state index contributed by atoms with van der Waals surface area (Å²) in [5, 5.41) is 3.58. The molecule has 1 aliphatic rings. The Hall–Kier alpha value is -0.380. The average molecular weight is 311 g/mol. The molecule has 3 heteroatoms. The lowest BCUT2D eigenvalue weighted by Crippen LogP contribution is -2.46. The van der Waals surface area contributed by atoms with Gasteiger partial charge in [-0.1, -0.05) is 35.0 Å². The van der Waals surface area contributed by atoms with Gasteiger partial charge in [-0.2, -0.15) is 0 Å². The number of halogens is 1. The van der Waals surface area contributed by atoms with Crippen molar-refractivity contribution in [2.45, 2.75) is 38.8 Å². The maximum atomic E-state index is 3.58. The number of benzene rings is 1. The number of hydrogen-bond acceptors (Lipinski definition) is 2. The van der Waals surface area contributed by atoms with Gasteiger partial charge in [0.05, 0.1) is 0 Å². The molecule has 0 spiro atoms. The van der Waals surface area contributed by atoms with E-state index in [-0.39, 0.29) is 0 Å². The van der Waals surface area contributed by atoms with Crippen LogP contribution in [0, 0.1) is 0 Å². The van der Waals surface area contributed by atoms with Crippen LogP contribution in [0.4, 0.5) is 0 Å². The zero-order chi connectivity index (χ0) is 13.0. The molecule has 1 aromatic rings. The van der Waals surface area contributed by atoms with Gasteiger partial charge in [-0.15, -0.1) is 0 Å². The van der Waals surface area contributed by atoms with Gasteiger partial charge in [0.2, 0.25) is 0 Å². The summed E-state index contributed by atoms with van der Waals surface area (Å²) in [6.45, 7) is 7.98. The normalized spacial score (nSPS) is 22.9. The predicted molar refractivity (Wildman–Crippen MR) is 80.8 cm³/mol. The second kappa shape index (κ2) is 6.69. The van der Waals surface area contributed by atoms with Gasteiger partial charge in [0.15, 0.2) is 0 Å². The van der Waals surface area contributed by atoms with Gasteiger partial charge in [0, 0.05) is 23.1 Å². The van der Waals surface area contributed by atoms with Crippen LogP contribution in [0.2, 0.25) is 0 Å². The zero-order valence-corrected chi connectivity index (χ0v) is 12.9. The molecular weight excluding hydrogens is 288 g/mol. The van der Waals surface area contributed by atoms with Crippen molar-refractivity contribution in [1.82, 2.24) is 10.2 Å². The molecule has 1 heterocycles. The van der Waals surface area contributed by atoms with E-state index >= 15 is 0 Å². The lowest BCUT2D eigenvalue weighted by atomic mass is 10.0. The van der Waals surface area contributed by atoms with Crippen molar-refractivity contribution in [3.8, 4) is 0 Å². The molecule has 2 nitrogen and oxygen atoms in total. The number of likely N-dealkylation sites (N-methyl/N-ethyl adjacent to an activating group) is 1. The maximum absolute atomic E-state index is 3.58. The largest absolute Gasteiger partial charge is 0.313 e. The number of likely N-dealkylation sites (tertiary alicyclic amines) is 1. The molecule has 0 radical (unpaired) electrons. The Bertz CT molecular complexity index is 361. The Morgan fingerprint density at radius 3 is 2.78 bits per heavy atom. The van der Waals surface area contributed by atoms with E-state index in [0.717, 1.165) is 11.0 Å². The lowest BCUT2D eigenvalue weighted by molar-refractivity contribution is 0.147. The fourth-order valence-electron chi connectivity index (χ4n) is 2.77. The van der Waals surface area contributed by atoms with Crippen molar-refractivity contribution in [3.63, 3.8) is 0 Å². The van der Waals surface area contributed by atoms with Crippen LogP contribution in [0.5, 0.6) is 0 Å². The Morgan fingerprint density at radius 2 is 2.11 bits per heavy atom. The number of hydrogen-bond donors (Lipinski definition) is 1. The SMILES string of the molecule is CCNC1CCCN(C(C)c2ccc(Br)cc2)C1. The van der Waals surface area contributed by atoms with Crippen molar-refractivity contribution in [2.24, 2.45) is 0 Å². The quantitative estimate of drug-likeness (QED) is 0.914. The van der Waals surface area contributed by atoms with Crippen LogP contribution in [0.25, 0.3) is 0 Å². The summed E-state index contributed by atoms with van der Waals surface area (Å²) in [5.74, 6) is 0. The van der Waals surface area contributed by atoms with Crippen molar-refractivity contribution in [2.75, 3.05) is 19.6 Å². The molecule has 100 valence electrons. The second-order valence-corrected chi connectivity index (χ2v) is 6.03. The van der Waals surface area contributed by atoms with Gasteiger partial charge >= 0.3 is 0 Å². The highest BCUT2D eigenvalue weighted by molar-refractivity contribution is 9.10. The first-order valence-electron chi connectivity index (χ1n) is 6.93. The fraction of sp³-hybridized carbons (Fsp3) is 0.600. The first kappa shape index (κ1) is 14.0. The zero-order valence-electron chi connectivity index (χ0n) is 11.3. The Morgan fingerprint density at radius 1 is 1.39 bits per heavy atom. The van der Waals surface area contributed by atoms with E-state index in [9.17, 15) is 0 Å². The van der Waals surface area contributed by atoms with Crippen molar-refractivity contribution < 1.29 is 0 Å². The molecule has 1 fully saturated rings. The number of rotatable bonds is 4. The van der Waals surface area contributed by atoms with Crippen LogP contribution < -0.4 is 5.32 Å². The Labute approximate surface area is 119 Å². The van der Waals surface area contributed by atoms with Crippen LogP contribution in [-0.2, 0) is 0 Å². The van der Waals surface area contributed by atoms with Gasteiger partial charge in [-0.05, 0) is 50.6 Å². The third-order valence-electron chi connectivity index (χ3n) is 3.85. The molecule has 0 saturated carbocycles. The van der Waals surface area contributed by atoms with Gasteiger partial charge in [-0.3, -0.25) is 4.90 Å². The molecule has 0 aromatic heterocycles. The molecule has 2 atom stereocenters. The fourth-order valence-corrected chi connectivity index (χ4v) is 3.03. The Kier molecular flexibility index (Phi) is 5.22. The lowest BCUT2D eigenvalue weighted by Gasteiger charge is -2.37. The van der Waals surface area contributed by atoms with Gasteiger partial charge in [0.25, 0.3) is 0 Å². The summed E-state index contributed by atoms with van der Waals surface area (Å²) in [5.41, 5.74) is 1.41. The van der Waals surface area contributed by atoms with Crippen LogP contribution in [0.1, 0.15) is 38.3 Å². The maximum Gasteiger partial charge on any atom is 0.0320 e. The molecule has 2 rings (SSSR count). The van der Waals surface area contributed by atoms with E-state index in [2.05, 4.69) is 64.3 Å². The topological polar surface area (TPSA) is 15.3 Å². The number of nitrogens with zero attached hydrogens (tertiary/aromatic N) is 1. The van der Waals surface area contributed by atoms with Crippen LogP contribution in [0.3, 0.4) is 0 Å². The average Bonchev–Trinajstić information content (AvgIpc) is 2.39. The van der Waals surface area contributed by atoms with Crippen LogP contribution in [-0.4, -0.2) is 30.6 Å². The number of piperidine rings is 1. The van der Waals surface area contributed by atoms with Crippen LogP contribution >= 0.6 is 15.9 Å². The van der Waals surface area contributed by atoms with E-state index in [1.165, 1.54) is 31.5 Å². The van der Waals surface area contributed by atoms with E-state index in [1.807, 2.05) is 0 Å². The van der Waals surface area contributed by atoms with E-state index in [0.29, 0.717) is 12.1 Å². The molecule has 1 saturated heterocycles. The molecule has 1 aliphatic heterocycles. The molecule has 0 aliphatic carbocycles. The monoisotopic (exact) mass is 310 g/mol. The van der Waals surface area contributed by atoms with Crippen molar-refractivity contribution >= 4 is 15.9 Å². The van der Waals surface area contributed by atoms with E-state index in [1.54, 1.807) is 0 Å². The summed E-state index contributed by atoms with van der Waals surface area (Å²) < 4.78 is 1.16. The number of nitrogens with one attached hydrogen (secondary N) is 1. The van der Waals surface area contributed by atoms with E-state index < -0.39 is 0 Å². The van der Waals surface area contributed by atoms with Gasteiger partial charge in [0.1, 0.15) is 0 Å². The smallest absolute Gasteiger partial charge is 0.0320 e. The van der Waals surface area contributed by atoms with Gasteiger partial charge in [-0.25, -0.2) is 0 Å². The van der Waals surface area contributed by atoms with Crippen LogP contribution in [0.15, 0.2) is 28.7 Å². The molecule has 1 N–H and O–H groups in total. The highest BCUT2D eigenvalue weighted by Gasteiger charge is 2.23. The standard InChI is InChI=1S/C15H23BrN2/c1-3-17-15-5-4-10-18(11-15)12(2)13-6-8-14(16)9-7-13/h6-9,12,15,17H,3-5,10-11H2,1-2H3. The third-order valence-corrected chi connectivity index (χ3v) is 4.37. The molecule has 1 aromatic carbocycles. The molecule has 2 unspecified atom stereocenters. The predicted octanol–water partition coefficient (Wildman–Crippen LogP) is 3.58. The Balaban J connectivity index is 1.99. The highest BCUT2D eigenvalue weighted by Crippen LogP contribution is 2.25. The molecule has 18 heavy (non-hydrogen) atoms. The summed E-state index contributed by atoms with van der Waals surface area (Å²) in [7, 11) is 0.